The molecule has 2 saturated carbocycles. The number of rotatable bonds is 2. The molecule has 8 heteroatoms. The summed E-state index contributed by atoms with van der Waals surface area (Å²) in [4.78, 5) is 23.1. The number of aromatic nitrogens is 2. The van der Waals surface area contributed by atoms with Gasteiger partial charge in [-0.25, -0.2) is 9.97 Å². The molecule has 0 radical (unpaired) electrons. The summed E-state index contributed by atoms with van der Waals surface area (Å²) in [6.07, 6.45) is 4.58. The first-order valence-corrected chi connectivity index (χ1v) is 13.3. The van der Waals surface area contributed by atoms with Crippen LogP contribution in [0.15, 0.2) is 29.6 Å². The molecule has 2 bridgehead atoms. The molecule has 36 heavy (non-hydrogen) atoms. The average Bonchev–Trinajstić information content (AvgIpc) is 3.29. The van der Waals surface area contributed by atoms with E-state index in [0.29, 0.717) is 11.5 Å². The molecular formula is C28H35ClN2O5. The number of Topliss-reactive ketones (excluding diaryl/α,β-unsaturated/α-hetero) is 1. The molecule has 8 atom stereocenters. The number of ether oxygens (including phenoxy) is 3. The number of hydrogen-bond acceptors (Lipinski definition) is 7. The maximum atomic E-state index is 14.7. The van der Waals surface area contributed by atoms with Gasteiger partial charge in [-0.15, -0.1) is 0 Å². The SMILES string of the molecule is CC1=C[C@]23C(=O)[C@@H](C=C4COC(C)(C)O[C@H]4[C@]2(O)[C@H]1Oc1ncnc(Cl)c1C)[C@H]1[C@@H](C[C@H]3C)C1(C)C. The molecule has 2 heterocycles. The fourth-order valence-corrected chi connectivity index (χ4v) is 8.07. The maximum absolute atomic E-state index is 14.7. The van der Waals surface area contributed by atoms with Crippen LogP contribution in [-0.4, -0.2) is 51.1 Å². The first-order valence-electron chi connectivity index (χ1n) is 12.9. The number of aliphatic hydroxyl groups is 1. The molecule has 5 aliphatic rings. The molecule has 194 valence electrons. The average molecular weight is 515 g/mol. The Kier molecular flexibility index (Phi) is 5.04. The Bertz CT molecular complexity index is 1220. The van der Waals surface area contributed by atoms with Crippen molar-refractivity contribution in [1.29, 1.82) is 0 Å². The summed E-state index contributed by atoms with van der Waals surface area (Å²) >= 11 is 6.27. The highest BCUT2D eigenvalue weighted by molar-refractivity contribution is 6.30. The Balaban J connectivity index is 1.56. The zero-order valence-electron chi connectivity index (χ0n) is 22.0. The van der Waals surface area contributed by atoms with Crippen LogP contribution in [0.25, 0.3) is 0 Å². The highest BCUT2D eigenvalue weighted by atomic mass is 35.5. The van der Waals surface area contributed by atoms with Gasteiger partial charge in [-0.2, -0.15) is 0 Å². The summed E-state index contributed by atoms with van der Waals surface area (Å²) < 4.78 is 19.0. The second kappa shape index (κ2) is 7.40. The molecule has 1 spiro atoms. The minimum absolute atomic E-state index is 0.0572. The van der Waals surface area contributed by atoms with E-state index in [4.69, 9.17) is 25.8 Å². The molecular weight excluding hydrogens is 480 g/mol. The normalized spacial score (nSPS) is 43.8. The van der Waals surface area contributed by atoms with Gasteiger partial charge in [-0.05, 0) is 68.4 Å². The van der Waals surface area contributed by atoms with Gasteiger partial charge in [-0.1, -0.05) is 44.5 Å². The minimum atomic E-state index is -1.69. The van der Waals surface area contributed by atoms with Gasteiger partial charge in [0.15, 0.2) is 23.3 Å². The maximum Gasteiger partial charge on any atom is 0.221 e. The lowest BCUT2D eigenvalue weighted by molar-refractivity contribution is -0.301. The van der Waals surface area contributed by atoms with E-state index in [2.05, 4.69) is 36.8 Å². The van der Waals surface area contributed by atoms with Gasteiger partial charge in [0.1, 0.15) is 17.6 Å². The van der Waals surface area contributed by atoms with Crippen molar-refractivity contribution in [3.8, 4) is 5.88 Å². The minimum Gasteiger partial charge on any atom is -0.466 e. The standard InChI is InChI=1S/C28H35ClN2O5/c1-13-10-27-14(2)8-18-19(25(18,4)5)17(20(27)32)9-16-11-34-26(6,7)36-22(16)28(27,33)21(13)35-24-15(3)23(29)30-12-31-24/h9-10,12,14,17-19,21-22,33H,8,11H2,1-7H3/t14-,17+,18-,19+,21+,22-,27+,28-/m1/s1. The van der Waals surface area contributed by atoms with E-state index in [-0.39, 0.29) is 46.6 Å². The second-order valence-corrected chi connectivity index (χ2v) is 12.9. The van der Waals surface area contributed by atoms with E-state index in [1.54, 1.807) is 6.92 Å². The van der Waals surface area contributed by atoms with Crippen molar-refractivity contribution in [2.45, 2.75) is 78.5 Å². The number of fused-ring (bicyclic) bond motifs is 5. The number of allylic oxidation sites excluding steroid dienone is 1. The van der Waals surface area contributed by atoms with E-state index in [1.165, 1.54) is 6.33 Å². The second-order valence-electron chi connectivity index (χ2n) is 12.6. The lowest BCUT2D eigenvalue weighted by atomic mass is 9.59. The summed E-state index contributed by atoms with van der Waals surface area (Å²) in [5.74, 6) is -0.375. The third kappa shape index (κ3) is 2.94. The number of ketones is 1. The van der Waals surface area contributed by atoms with Gasteiger partial charge in [0.2, 0.25) is 5.88 Å². The molecule has 3 fully saturated rings. The lowest BCUT2D eigenvalue weighted by Gasteiger charge is -2.52. The molecule has 1 aliphatic heterocycles. The molecule has 0 amide bonds. The third-order valence-corrected chi connectivity index (χ3v) is 10.3. The van der Waals surface area contributed by atoms with Gasteiger partial charge in [-0.3, -0.25) is 4.79 Å². The van der Waals surface area contributed by atoms with Crippen LogP contribution in [-0.2, 0) is 14.3 Å². The van der Waals surface area contributed by atoms with E-state index >= 15 is 0 Å². The van der Waals surface area contributed by atoms with Gasteiger partial charge in [0.05, 0.1) is 12.0 Å². The summed E-state index contributed by atoms with van der Waals surface area (Å²) in [7, 11) is 0. The van der Waals surface area contributed by atoms with Crippen LogP contribution in [0.4, 0.5) is 0 Å². The van der Waals surface area contributed by atoms with Crippen molar-refractivity contribution in [2.24, 2.45) is 34.5 Å². The largest absolute Gasteiger partial charge is 0.466 e. The zero-order chi connectivity index (χ0) is 26.0. The topological polar surface area (TPSA) is 90.8 Å². The summed E-state index contributed by atoms with van der Waals surface area (Å²) in [6, 6.07) is 0. The third-order valence-electron chi connectivity index (χ3n) is 9.88. The number of carbonyl (C=O) groups excluding carboxylic acids is 1. The van der Waals surface area contributed by atoms with E-state index in [9.17, 15) is 9.90 Å². The van der Waals surface area contributed by atoms with Crippen LogP contribution in [0.3, 0.4) is 0 Å². The van der Waals surface area contributed by atoms with Gasteiger partial charge in [0, 0.05) is 11.5 Å². The van der Waals surface area contributed by atoms with Gasteiger partial charge in [0.25, 0.3) is 0 Å². The molecule has 0 aromatic carbocycles. The van der Waals surface area contributed by atoms with Crippen molar-refractivity contribution in [3.63, 3.8) is 0 Å². The quantitative estimate of drug-likeness (QED) is 0.460. The van der Waals surface area contributed by atoms with E-state index in [0.717, 1.165) is 17.6 Å². The molecule has 1 aromatic heterocycles. The molecule has 1 saturated heterocycles. The van der Waals surface area contributed by atoms with Crippen molar-refractivity contribution >= 4 is 17.4 Å². The number of halogens is 1. The van der Waals surface area contributed by atoms with Crippen molar-refractivity contribution in [1.82, 2.24) is 9.97 Å². The summed E-state index contributed by atoms with van der Waals surface area (Å²) in [5, 5.41) is 13.4. The number of carbonyl (C=O) groups is 1. The van der Waals surface area contributed by atoms with Crippen molar-refractivity contribution in [3.05, 3.63) is 40.3 Å². The Morgan fingerprint density at radius 1 is 1.19 bits per heavy atom. The molecule has 1 aromatic rings. The Hall–Kier alpha value is -1.80. The van der Waals surface area contributed by atoms with E-state index < -0.39 is 29.0 Å². The Morgan fingerprint density at radius 3 is 2.64 bits per heavy atom. The first-order chi connectivity index (χ1) is 16.8. The molecule has 6 rings (SSSR count). The van der Waals surface area contributed by atoms with Crippen LogP contribution >= 0.6 is 11.6 Å². The van der Waals surface area contributed by atoms with Crippen molar-refractivity contribution in [2.75, 3.05) is 6.61 Å². The predicted molar refractivity (Wildman–Crippen MR) is 133 cm³/mol. The van der Waals surface area contributed by atoms with Crippen LogP contribution in [0.2, 0.25) is 5.15 Å². The smallest absolute Gasteiger partial charge is 0.221 e. The van der Waals surface area contributed by atoms with Crippen LogP contribution < -0.4 is 4.74 Å². The fourth-order valence-electron chi connectivity index (χ4n) is 7.94. The molecule has 0 unspecified atom stereocenters. The number of nitrogens with zero attached hydrogens (tertiary/aromatic N) is 2. The fraction of sp³-hybridized carbons (Fsp3) is 0.679. The Morgan fingerprint density at radius 2 is 1.92 bits per heavy atom. The van der Waals surface area contributed by atoms with E-state index in [1.807, 2.05) is 26.8 Å². The zero-order valence-corrected chi connectivity index (χ0v) is 22.7. The number of hydrogen-bond donors (Lipinski definition) is 1. The van der Waals surface area contributed by atoms with Gasteiger partial charge < -0.3 is 19.3 Å². The Labute approximate surface area is 217 Å². The van der Waals surface area contributed by atoms with Crippen LogP contribution in [0, 0.1) is 41.4 Å². The highest BCUT2D eigenvalue weighted by Crippen LogP contribution is 2.72. The molecule has 4 aliphatic carbocycles. The molecule has 1 N–H and O–H groups in total. The first kappa shape index (κ1) is 24.5. The van der Waals surface area contributed by atoms with Gasteiger partial charge >= 0.3 is 0 Å². The van der Waals surface area contributed by atoms with Crippen LogP contribution in [0.1, 0.15) is 53.5 Å². The van der Waals surface area contributed by atoms with Crippen LogP contribution in [0.5, 0.6) is 5.88 Å². The van der Waals surface area contributed by atoms with Crippen molar-refractivity contribution < 1.29 is 24.1 Å². The highest BCUT2D eigenvalue weighted by Gasteiger charge is 2.77. The predicted octanol–water partition coefficient (Wildman–Crippen LogP) is 4.45. The molecule has 7 nitrogen and oxygen atoms in total. The lowest BCUT2D eigenvalue weighted by Crippen LogP contribution is -2.68. The summed E-state index contributed by atoms with van der Waals surface area (Å²) in [6.45, 7) is 14.3. The summed E-state index contributed by atoms with van der Waals surface area (Å²) in [5.41, 5.74) is -0.619. The monoisotopic (exact) mass is 514 g/mol.